The van der Waals surface area contributed by atoms with E-state index in [4.69, 9.17) is 0 Å². The molecule has 1 heterocycles. The molecule has 1 aliphatic heterocycles. The van der Waals surface area contributed by atoms with E-state index in [-0.39, 0.29) is 6.04 Å². The molecule has 0 aromatic heterocycles. The molecule has 0 amide bonds. The minimum atomic E-state index is -3.05. The van der Waals surface area contributed by atoms with Crippen LogP contribution in [-0.4, -0.2) is 33.3 Å². The van der Waals surface area contributed by atoms with Crippen LogP contribution in [-0.2, 0) is 10.0 Å². The van der Waals surface area contributed by atoms with Gasteiger partial charge in [0.15, 0.2) is 0 Å². The lowest BCUT2D eigenvalue weighted by atomic mass is 9.89. The molecule has 14 heavy (non-hydrogen) atoms. The van der Waals surface area contributed by atoms with Crippen LogP contribution >= 0.6 is 0 Å². The van der Waals surface area contributed by atoms with Crippen LogP contribution in [0.2, 0.25) is 0 Å². The monoisotopic (exact) mass is 220 g/mol. The molecule has 1 saturated heterocycles. The van der Waals surface area contributed by atoms with Crippen molar-refractivity contribution < 1.29 is 8.42 Å². The van der Waals surface area contributed by atoms with Crippen molar-refractivity contribution in [1.82, 2.24) is 10.0 Å². The lowest BCUT2D eigenvalue weighted by molar-refractivity contribution is 0.255. The van der Waals surface area contributed by atoms with Gasteiger partial charge in [0.25, 0.3) is 0 Å². The zero-order chi connectivity index (χ0) is 10.8. The maximum absolute atomic E-state index is 10.9. The summed E-state index contributed by atoms with van der Waals surface area (Å²) in [5, 5.41) is 3.41. The maximum Gasteiger partial charge on any atom is 0.208 e. The average molecular weight is 220 g/mol. The normalized spacial score (nSPS) is 34.4. The van der Waals surface area contributed by atoms with E-state index in [1.54, 1.807) is 0 Å². The molecular weight excluding hydrogens is 200 g/mol. The van der Waals surface area contributed by atoms with Crippen LogP contribution in [0.15, 0.2) is 0 Å². The highest BCUT2D eigenvalue weighted by molar-refractivity contribution is 7.88. The molecule has 1 fully saturated rings. The second-order valence-electron chi connectivity index (χ2n) is 4.35. The topological polar surface area (TPSA) is 58.2 Å². The number of hydrogen-bond donors (Lipinski definition) is 2. The lowest BCUT2D eigenvalue weighted by Gasteiger charge is -2.34. The van der Waals surface area contributed by atoms with Crippen molar-refractivity contribution in [1.29, 1.82) is 0 Å². The highest BCUT2D eigenvalue weighted by atomic mass is 32.2. The first kappa shape index (κ1) is 11.9. The fourth-order valence-corrected chi connectivity index (χ4v) is 2.31. The Morgan fingerprint density at radius 3 is 2.57 bits per heavy atom. The third kappa shape index (κ3) is 3.94. The van der Waals surface area contributed by atoms with Gasteiger partial charge in [0.2, 0.25) is 10.0 Å². The van der Waals surface area contributed by atoms with E-state index in [9.17, 15) is 8.42 Å². The number of rotatable bonds is 3. The van der Waals surface area contributed by atoms with Gasteiger partial charge in [0.1, 0.15) is 0 Å². The number of nitrogens with one attached hydrogen (secondary N) is 2. The molecule has 0 aromatic carbocycles. The Hall–Kier alpha value is -0.130. The summed E-state index contributed by atoms with van der Waals surface area (Å²) in [6.45, 7) is 4.80. The van der Waals surface area contributed by atoms with Gasteiger partial charge >= 0.3 is 0 Å². The summed E-state index contributed by atoms with van der Waals surface area (Å²) in [5.41, 5.74) is 0. The second kappa shape index (κ2) is 4.59. The van der Waals surface area contributed by atoms with Crippen molar-refractivity contribution in [2.75, 3.05) is 12.8 Å². The molecule has 2 N–H and O–H groups in total. The molecular formula is C9H20N2O2S. The summed E-state index contributed by atoms with van der Waals surface area (Å²) in [4.78, 5) is 0. The van der Waals surface area contributed by atoms with Gasteiger partial charge < -0.3 is 5.32 Å². The Kier molecular flexibility index (Phi) is 3.92. The van der Waals surface area contributed by atoms with Crippen LogP contribution in [0, 0.1) is 5.92 Å². The van der Waals surface area contributed by atoms with E-state index in [1.807, 2.05) is 0 Å². The van der Waals surface area contributed by atoms with E-state index in [1.165, 1.54) is 19.1 Å². The smallest absolute Gasteiger partial charge is 0.208 e. The van der Waals surface area contributed by atoms with Crippen LogP contribution in [0.1, 0.15) is 26.7 Å². The minimum absolute atomic E-state index is 0.272. The molecule has 84 valence electrons. The highest BCUT2D eigenvalue weighted by Crippen LogP contribution is 2.18. The zero-order valence-corrected chi connectivity index (χ0v) is 9.89. The first-order valence-electron chi connectivity index (χ1n) is 5.09. The molecule has 1 rings (SSSR count). The Bertz CT molecular complexity index is 277. The molecule has 0 saturated carbocycles. The Morgan fingerprint density at radius 1 is 1.36 bits per heavy atom. The SMILES string of the molecule is CC1CCC(C)C(CNS(C)(=O)=O)N1. The summed E-state index contributed by atoms with van der Waals surface area (Å²) in [7, 11) is -3.05. The summed E-state index contributed by atoms with van der Waals surface area (Å²) in [6, 6.07) is 0.769. The Balaban J connectivity index is 2.42. The van der Waals surface area contributed by atoms with Gasteiger partial charge in [0.05, 0.1) is 6.26 Å². The largest absolute Gasteiger partial charge is 0.310 e. The molecule has 0 radical (unpaired) electrons. The van der Waals surface area contributed by atoms with Crippen molar-refractivity contribution in [2.24, 2.45) is 5.92 Å². The van der Waals surface area contributed by atoms with Gasteiger partial charge in [-0.25, -0.2) is 13.1 Å². The second-order valence-corrected chi connectivity index (χ2v) is 6.18. The molecule has 0 aliphatic carbocycles. The third-order valence-electron chi connectivity index (χ3n) is 2.81. The van der Waals surface area contributed by atoms with E-state index in [2.05, 4.69) is 23.9 Å². The quantitative estimate of drug-likeness (QED) is 0.720. The van der Waals surface area contributed by atoms with Gasteiger partial charge in [-0.05, 0) is 25.7 Å². The minimum Gasteiger partial charge on any atom is -0.310 e. The average Bonchev–Trinajstić information content (AvgIpc) is 2.05. The zero-order valence-electron chi connectivity index (χ0n) is 9.08. The molecule has 0 bridgehead atoms. The molecule has 1 aliphatic rings. The molecule has 3 atom stereocenters. The molecule has 0 spiro atoms. The summed E-state index contributed by atoms with van der Waals surface area (Å²) < 4.78 is 24.4. The molecule has 3 unspecified atom stereocenters. The fraction of sp³-hybridized carbons (Fsp3) is 1.00. The first-order valence-corrected chi connectivity index (χ1v) is 6.98. The van der Waals surface area contributed by atoms with Crippen molar-refractivity contribution in [3.63, 3.8) is 0 Å². The van der Waals surface area contributed by atoms with Crippen molar-refractivity contribution >= 4 is 10.0 Å². The van der Waals surface area contributed by atoms with Gasteiger partial charge in [-0.3, -0.25) is 0 Å². The van der Waals surface area contributed by atoms with Crippen LogP contribution in [0.4, 0.5) is 0 Å². The number of piperidine rings is 1. The van der Waals surface area contributed by atoms with E-state index >= 15 is 0 Å². The fourth-order valence-electron chi connectivity index (χ4n) is 1.83. The van der Waals surface area contributed by atoms with E-state index in [0.717, 1.165) is 0 Å². The first-order chi connectivity index (χ1) is 6.38. The molecule has 4 nitrogen and oxygen atoms in total. The van der Waals surface area contributed by atoms with E-state index < -0.39 is 10.0 Å². The summed E-state index contributed by atoms with van der Waals surface area (Å²) in [5.74, 6) is 0.542. The Labute approximate surface area is 86.5 Å². The van der Waals surface area contributed by atoms with Crippen molar-refractivity contribution in [2.45, 2.75) is 38.8 Å². The van der Waals surface area contributed by atoms with Crippen LogP contribution in [0.25, 0.3) is 0 Å². The number of hydrogen-bond acceptors (Lipinski definition) is 3. The highest BCUT2D eigenvalue weighted by Gasteiger charge is 2.24. The lowest BCUT2D eigenvalue weighted by Crippen LogP contribution is -2.51. The van der Waals surface area contributed by atoms with Gasteiger partial charge in [-0.1, -0.05) is 6.92 Å². The van der Waals surface area contributed by atoms with Crippen LogP contribution in [0.3, 0.4) is 0 Å². The third-order valence-corrected chi connectivity index (χ3v) is 3.50. The van der Waals surface area contributed by atoms with Crippen molar-refractivity contribution in [3.8, 4) is 0 Å². The summed E-state index contributed by atoms with van der Waals surface area (Å²) >= 11 is 0. The summed E-state index contributed by atoms with van der Waals surface area (Å²) in [6.07, 6.45) is 3.55. The maximum atomic E-state index is 10.9. The van der Waals surface area contributed by atoms with Gasteiger partial charge in [-0.2, -0.15) is 0 Å². The predicted octanol–water partition coefficient (Wildman–Crippen LogP) is 0.312. The van der Waals surface area contributed by atoms with Gasteiger partial charge in [0, 0.05) is 18.6 Å². The van der Waals surface area contributed by atoms with Crippen molar-refractivity contribution in [3.05, 3.63) is 0 Å². The van der Waals surface area contributed by atoms with Crippen LogP contribution in [0.5, 0.6) is 0 Å². The van der Waals surface area contributed by atoms with Crippen LogP contribution < -0.4 is 10.0 Å². The molecule has 0 aromatic rings. The number of sulfonamides is 1. The standard InChI is InChI=1S/C9H20N2O2S/c1-7-4-5-8(2)11-9(7)6-10-14(3,12)13/h7-11H,4-6H2,1-3H3. The molecule has 5 heteroatoms. The van der Waals surface area contributed by atoms with E-state index in [0.29, 0.717) is 18.5 Å². The Morgan fingerprint density at radius 2 is 2.00 bits per heavy atom. The predicted molar refractivity (Wildman–Crippen MR) is 57.6 cm³/mol. The van der Waals surface area contributed by atoms with Gasteiger partial charge in [-0.15, -0.1) is 0 Å².